The molecule has 1 aromatic rings. The topological polar surface area (TPSA) is 34.2 Å². The molecule has 0 aliphatic rings. The van der Waals surface area contributed by atoms with Crippen molar-refractivity contribution < 1.29 is 22.3 Å². The van der Waals surface area contributed by atoms with Gasteiger partial charge >= 0.3 is 6.18 Å². The smallest absolute Gasteiger partial charge is 0.425 e. The molecule has 1 unspecified atom stereocenters. The first-order valence-corrected chi connectivity index (χ1v) is 5.82. The molecule has 0 saturated carbocycles. The molecule has 19 heavy (non-hydrogen) atoms. The number of alkyl halides is 3. The molecule has 0 aliphatic carbocycles. The first-order chi connectivity index (χ1) is 8.71. The number of ether oxygens (including phenoxy) is 1. The number of rotatable bonds is 5. The van der Waals surface area contributed by atoms with E-state index in [1.165, 1.54) is 12.3 Å². The maximum Gasteiger partial charge on any atom is 0.425 e. The van der Waals surface area contributed by atoms with E-state index in [1.807, 2.05) is 13.8 Å². The molecule has 1 atom stereocenters. The van der Waals surface area contributed by atoms with Crippen LogP contribution in [0.25, 0.3) is 0 Å². The van der Waals surface area contributed by atoms with Crippen LogP contribution in [0, 0.1) is 5.82 Å². The minimum atomic E-state index is -4.56. The van der Waals surface area contributed by atoms with Gasteiger partial charge in [-0.25, -0.2) is 9.37 Å². The highest BCUT2D eigenvalue weighted by Crippen LogP contribution is 2.26. The molecule has 7 heteroatoms. The highest BCUT2D eigenvalue weighted by atomic mass is 19.4. The predicted molar refractivity (Wildman–Crippen MR) is 62.3 cm³/mol. The normalized spacial score (nSPS) is 13.7. The Balaban J connectivity index is 2.83. The van der Waals surface area contributed by atoms with Crippen LogP contribution in [0.15, 0.2) is 12.3 Å². The molecule has 0 amide bonds. The van der Waals surface area contributed by atoms with Gasteiger partial charge in [0.2, 0.25) is 0 Å². The minimum Gasteiger partial charge on any atom is -0.463 e. The van der Waals surface area contributed by atoms with Crippen LogP contribution in [0.5, 0.6) is 5.88 Å². The van der Waals surface area contributed by atoms with Crippen LogP contribution in [-0.2, 0) is 6.54 Å². The van der Waals surface area contributed by atoms with Crippen LogP contribution in [0.4, 0.5) is 17.6 Å². The van der Waals surface area contributed by atoms with Gasteiger partial charge in [0, 0.05) is 24.3 Å². The number of pyridine rings is 1. The Morgan fingerprint density at radius 2 is 1.95 bits per heavy atom. The first kappa shape index (κ1) is 15.7. The number of hydrogen-bond donors (Lipinski definition) is 1. The number of aromatic nitrogens is 1. The second-order valence-corrected chi connectivity index (χ2v) is 4.43. The molecule has 0 spiro atoms. The molecule has 1 rings (SSSR count). The molecule has 1 aromatic heterocycles. The summed E-state index contributed by atoms with van der Waals surface area (Å²) in [6.07, 6.45) is -5.44. The summed E-state index contributed by atoms with van der Waals surface area (Å²) in [6, 6.07) is 1.53. The zero-order valence-electron chi connectivity index (χ0n) is 10.9. The van der Waals surface area contributed by atoms with Crippen molar-refractivity contribution in [3.8, 4) is 5.88 Å². The Hall–Kier alpha value is -1.37. The number of nitrogens with zero attached hydrogens (tertiary/aromatic N) is 1. The lowest BCUT2D eigenvalue weighted by atomic mass is 10.2. The molecule has 0 bridgehead atoms. The average Bonchev–Trinajstić information content (AvgIpc) is 2.28. The van der Waals surface area contributed by atoms with Gasteiger partial charge in [0.15, 0.2) is 11.9 Å². The zero-order chi connectivity index (χ0) is 14.6. The van der Waals surface area contributed by atoms with E-state index in [-0.39, 0.29) is 18.2 Å². The van der Waals surface area contributed by atoms with Crippen LogP contribution in [0.1, 0.15) is 26.3 Å². The lowest BCUT2D eigenvalue weighted by Gasteiger charge is -2.18. The molecule has 1 N–H and O–H groups in total. The average molecular weight is 280 g/mol. The SMILES string of the molecule is CC(C)NCc1ccnc(OC(C)C(F)(F)F)c1F. The Kier molecular flexibility index (Phi) is 5.11. The largest absolute Gasteiger partial charge is 0.463 e. The van der Waals surface area contributed by atoms with E-state index in [4.69, 9.17) is 0 Å². The quantitative estimate of drug-likeness (QED) is 0.842. The number of nitrogens with one attached hydrogen (secondary N) is 1. The van der Waals surface area contributed by atoms with E-state index in [0.717, 1.165) is 6.92 Å². The van der Waals surface area contributed by atoms with Crippen molar-refractivity contribution >= 4 is 0 Å². The van der Waals surface area contributed by atoms with Crippen LogP contribution in [-0.4, -0.2) is 23.3 Å². The van der Waals surface area contributed by atoms with Crippen LogP contribution in [0.3, 0.4) is 0 Å². The fraction of sp³-hybridized carbons (Fsp3) is 0.583. The number of halogens is 4. The van der Waals surface area contributed by atoms with Crippen molar-refractivity contribution in [3.05, 3.63) is 23.6 Å². The highest BCUT2D eigenvalue weighted by Gasteiger charge is 2.38. The summed E-state index contributed by atoms with van der Waals surface area (Å²) in [4.78, 5) is 3.49. The third-order valence-electron chi connectivity index (χ3n) is 2.39. The first-order valence-electron chi connectivity index (χ1n) is 5.82. The Bertz CT molecular complexity index is 421. The van der Waals surface area contributed by atoms with E-state index in [9.17, 15) is 17.6 Å². The van der Waals surface area contributed by atoms with E-state index in [0.29, 0.717) is 0 Å². The standard InChI is InChI=1S/C12H16F4N2O/c1-7(2)18-6-9-4-5-17-11(10(9)13)19-8(3)12(14,15)16/h4-5,7-8,18H,6H2,1-3H3. The van der Waals surface area contributed by atoms with E-state index in [2.05, 4.69) is 15.0 Å². The molecule has 0 aromatic carbocycles. The van der Waals surface area contributed by atoms with Crippen molar-refractivity contribution in [2.45, 2.75) is 45.6 Å². The fourth-order valence-electron chi connectivity index (χ4n) is 1.23. The van der Waals surface area contributed by atoms with Gasteiger partial charge in [-0.15, -0.1) is 0 Å². The van der Waals surface area contributed by atoms with Crippen molar-refractivity contribution in [1.29, 1.82) is 0 Å². The van der Waals surface area contributed by atoms with Gasteiger partial charge in [0.1, 0.15) is 0 Å². The van der Waals surface area contributed by atoms with E-state index >= 15 is 0 Å². The summed E-state index contributed by atoms with van der Waals surface area (Å²) in [7, 11) is 0. The molecule has 1 heterocycles. The Labute approximate surface area is 109 Å². The Morgan fingerprint density at radius 1 is 1.32 bits per heavy atom. The molecule has 108 valence electrons. The summed E-state index contributed by atoms with van der Waals surface area (Å²) >= 11 is 0. The monoisotopic (exact) mass is 280 g/mol. The van der Waals surface area contributed by atoms with E-state index < -0.39 is 24.0 Å². The molecule has 0 fully saturated rings. The second-order valence-electron chi connectivity index (χ2n) is 4.43. The van der Waals surface area contributed by atoms with Gasteiger partial charge in [0.25, 0.3) is 5.88 Å². The molecule has 0 aliphatic heterocycles. The third kappa shape index (κ3) is 4.66. The maximum atomic E-state index is 13.9. The van der Waals surface area contributed by atoms with Crippen LogP contribution >= 0.6 is 0 Å². The van der Waals surface area contributed by atoms with Crippen LogP contribution in [0.2, 0.25) is 0 Å². The summed E-state index contributed by atoms with van der Waals surface area (Å²) in [5.41, 5.74) is 0.216. The zero-order valence-corrected chi connectivity index (χ0v) is 10.9. The van der Waals surface area contributed by atoms with Gasteiger partial charge < -0.3 is 10.1 Å². The third-order valence-corrected chi connectivity index (χ3v) is 2.39. The molecule has 0 saturated heterocycles. The second kappa shape index (κ2) is 6.18. The van der Waals surface area contributed by atoms with Gasteiger partial charge in [-0.1, -0.05) is 13.8 Å². The van der Waals surface area contributed by atoms with Gasteiger partial charge in [-0.05, 0) is 13.0 Å². The summed E-state index contributed by atoms with van der Waals surface area (Å²) < 4.78 is 55.4. The predicted octanol–water partition coefficient (Wildman–Crippen LogP) is 3.05. The lowest BCUT2D eigenvalue weighted by Crippen LogP contribution is -2.32. The van der Waals surface area contributed by atoms with E-state index in [1.54, 1.807) is 0 Å². The fourth-order valence-corrected chi connectivity index (χ4v) is 1.23. The summed E-state index contributed by atoms with van der Waals surface area (Å²) in [5.74, 6) is -1.50. The highest BCUT2D eigenvalue weighted by molar-refractivity contribution is 5.23. The molecule has 0 radical (unpaired) electrons. The maximum absolute atomic E-state index is 13.9. The summed E-state index contributed by atoms with van der Waals surface area (Å²) in [6.45, 7) is 4.76. The van der Waals surface area contributed by atoms with Gasteiger partial charge in [0.05, 0.1) is 0 Å². The lowest BCUT2D eigenvalue weighted by molar-refractivity contribution is -0.190. The van der Waals surface area contributed by atoms with Crippen molar-refractivity contribution in [2.75, 3.05) is 0 Å². The van der Waals surface area contributed by atoms with Gasteiger partial charge in [-0.3, -0.25) is 0 Å². The molecular weight excluding hydrogens is 264 g/mol. The number of hydrogen-bond acceptors (Lipinski definition) is 3. The van der Waals surface area contributed by atoms with Crippen molar-refractivity contribution in [1.82, 2.24) is 10.3 Å². The van der Waals surface area contributed by atoms with Crippen LogP contribution < -0.4 is 10.1 Å². The minimum absolute atomic E-state index is 0.131. The Morgan fingerprint density at radius 3 is 2.47 bits per heavy atom. The molecule has 3 nitrogen and oxygen atoms in total. The summed E-state index contributed by atoms with van der Waals surface area (Å²) in [5, 5.41) is 2.97. The van der Waals surface area contributed by atoms with Crippen molar-refractivity contribution in [3.63, 3.8) is 0 Å². The molecular formula is C12H16F4N2O. The van der Waals surface area contributed by atoms with Crippen molar-refractivity contribution in [2.24, 2.45) is 0 Å². The van der Waals surface area contributed by atoms with Gasteiger partial charge in [-0.2, -0.15) is 13.2 Å².